The van der Waals surface area contributed by atoms with E-state index in [1.807, 2.05) is 44.3 Å². The zero-order valence-electron chi connectivity index (χ0n) is 23.4. The molecule has 0 aromatic heterocycles. The van der Waals surface area contributed by atoms with Crippen molar-refractivity contribution in [1.82, 2.24) is 20.9 Å². The number of rotatable bonds is 13. The minimum Gasteiger partial charge on any atom is -0.494 e. The van der Waals surface area contributed by atoms with Gasteiger partial charge in [0, 0.05) is 19.0 Å². The number of hydrogen-bond donors (Lipinski definition) is 3. The number of para-hydroxylation sites is 1. The number of nitrogens with zero attached hydrogens (tertiary/aromatic N) is 1. The fourth-order valence-corrected chi connectivity index (χ4v) is 5.51. The van der Waals surface area contributed by atoms with Crippen LogP contribution in [0.4, 0.5) is 0 Å². The second kappa shape index (κ2) is 13.1. The van der Waals surface area contributed by atoms with Gasteiger partial charge >= 0.3 is 0 Å². The molecule has 1 heterocycles. The lowest BCUT2D eigenvalue weighted by atomic mass is 9.96. The number of aryl methyl sites for hydroxylation is 1. The smallest absolute Gasteiger partial charge is 0.243 e. The molecule has 8 heteroatoms. The summed E-state index contributed by atoms with van der Waals surface area (Å²) in [7, 11) is 1.94. The summed E-state index contributed by atoms with van der Waals surface area (Å²) in [6, 6.07) is 15.4. The number of nitrogens with one attached hydrogen (secondary N) is 3. The number of carbonyl (C=O) groups excluding carboxylic acids is 3. The van der Waals surface area contributed by atoms with Crippen LogP contribution < -0.4 is 20.7 Å². The molecule has 39 heavy (non-hydrogen) atoms. The fourth-order valence-electron chi connectivity index (χ4n) is 5.51. The molecule has 210 valence electrons. The molecule has 3 amide bonds. The highest BCUT2D eigenvalue weighted by Gasteiger charge is 2.48. The number of benzene rings is 2. The number of amides is 3. The van der Waals surface area contributed by atoms with E-state index in [0.29, 0.717) is 19.4 Å². The van der Waals surface area contributed by atoms with Gasteiger partial charge in [-0.05, 0) is 81.3 Å². The molecule has 2 atom stereocenters. The van der Waals surface area contributed by atoms with Crippen molar-refractivity contribution >= 4 is 17.7 Å². The summed E-state index contributed by atoms with van der Waals surface area (Å²) < 4.78 is 5.62. The summed E-state index contributed by atoms with van der Waals surface area (Å²) >= 11 is 0. The van der Waals surface area contributed by atoms with Crippen molar-refractivity contribution in [2.24, 2.45) is 0 Å². The summed E-state index contributed by atoms with van der Waals surface area (Å²) in [6.07, 6.45) is 4.96. The van der Waals surface area contributed by atoms with Crippen molar-refractivity contribution in [2.45, 2.75) is 83.0 Å². The van der Waals surface area contributed by atoms with Crippen molar-refractivity contribution in [1.29, 1.82) is 0 Å². The standard InChI is InChI=1S/C31H42N4O4/c1-4-23-13-14-25(19-24(23)20-32-3)31(16-17-31)34-30(38)27-15-12-22(2)35(27)29(37)21-33-28(36)11-8-18-39-26-9-6-5-7-10-26/h5-7,9-10,13-14,19,22,27,32H,4,8,11-12,15-18,20-21H2,1-3H3,(H,33,36)(H,34,38). The van der Waals surface area contributed by atoms with Gasteiger partial charge in [-0.2, -0.15) is 0 Å². The quantitative estimate of drug-likeness (QED) is 0.342. The van der Waals surface area contributed by atoms with E-state index in [4.69, 9.17) is 4.74 Å². The zero-order valence-corrected chi connectivity index (χ0v) is 23.4. The Hall–Kier alpha value is -3.39. The van der Waals surface area contributed by atoms with Crippen LogP contribution in [0.5, 0.6) is 5.75 Å². The molecule has 1 aliphatic heterocycles. The molecular formula is C31H42N4O4. The normalized spacial score (nSPS) is 19.4. The molecule has 2 fully saturated rings. The van der Waals surface area contributed by atoms with E-state index in [-0.39, 0.29) is 42.3 Å². The monoisotopic (exact) mass is 534 g/mol. The first-order valence-corrected chi connectivity index (χ1v) is 14.2. The first-order valence-electron chi connectivity index (χ1n) is 14.2. The van der Waals surface area contributed by atoms with E-state index in [1.165, 1.54) is 11.1 Å². The molecule has 2 aromatic rings. The maximum atomic E-state index is 13.5. The van der Waals surface area contributed by atoms with Crippen LogP contribution in [0, 0.1) is 0 Å². The van der Waals surface area contributed by atoms with Crippen molar-refractivity contribution in [3.63, 3.8) is 0 Å². The minimum absolute atomic E-state index is 0.0503. The Labute approximate surface area is 231 Å². The van der Waals surface area contributed by atoms with E-state index < -0.39 is 6.04 Å². The molecule has 2 unspecified atom stereocenters. The predicted octanol–water partition coefficient (Wildman–Crippen LogP) is 3.43. The van der Waals surface area contributed by atoms with Gasteiger partial charge in [-0.1, -0.05) is 43.3 Å². The highest BCUT2D eigenvalue weighted by Crippen LogP contribution is 2.46. The Morgan fingerprint density at radius 1 is 1.05 bits per heavy atom. The number of ether oxygens (including phenoxy) is 1. The molecule has 0 spiro atoms. The maximum absolute atomic E-state index is 13.5. The molecule has 1 aliphatic carbocycles. The SMILES string of the molecule is CCc1ccc(C2(NC(=O)C3CCC(C)N3C(=O)CNC(=O)CCCOc3ccccc3)CC2)cc1CNC. The van der Waals surface area contributed by atoms with Gasteiger partial charge in [-0.15, -0.1) is 0 Å². The topological polar surface area (TPSA) is 99.8 Å². The summed E-state index contributed by atoms with van der Waals surface area (Å²) in [6.45, 7) is 5.22. The third-order valence-corrected chi connectivity index (χ3v) is 7.88. The maximum Gasteiger partial charge on any atom is 0.243 e. The van der Waals surface area contributed by atoms with Crippen LogP contribution in [0.15, 0.2) is 48.5 Å². The van der Waals surface area contributed by atoms with Crippen molar-refractivity contribution in [3.05, 3.63) is 65.2 Å². The van der Waals surface area contributed by atoms with Crippen LogP contribution in [-0.4, -0.2) is 54.9 Å². The largest absolute Gasteiger partial charge is 0.494 e. The molecule has 2 aliphatic rings. The molecular weight excluding hydrogens is 492 g/mol. The van der Waals surface area contributed by atoms with E-state index in [9.17, 15) is 14.4 Å². The number of hydrogen-bond acceptors (Lipinski definition) is 5. The van der Waals surface area contributed by atoms with Crippen molar-refractivity contribution in [3.8, 4) is 5.75 Å². The van der Waals surface area contributed by atoms with E-state index in [0.717, 1.165) is 43.5 Å². The van der Waals surface area contributed by atoms with Gasteiger partial charge in [0.1, 0.15) is 11.8 Å². The van der Waals surface area contributed by atoms with Crippen LogP contribution in [-0.2, 0) is 32.9 Å². The molecule has 2 aromatic carbocycles. The summed E-state index contributed by atoms with van der Waals surface area (Å²) in [4.78, 5) is 40.6. The van der Waals surface area contributed by atoms with Gasteiger partial charge in [0.05, 0.1) is 18.7 Å². The first-order chi connectivity index (χ1) is 18.9. The Kier molecular flexibility index (Phi) is 9.62. The van der Waals surface area contributed by atoms with Gasteiger partial charge in [0.15, 0.2) is 0 Å². The Morgan fingerprint density at radius 3 is 2.51 bits per heavy atom. The summed E-state index contributed by atoms with van der Waals surface area (Å²) in [5.74, 6) is 0.245. The molecule has 4 rings (SSSR count). The van der Waals surface area contributed by atoms with Crippen LogP contribution in [0.2, 0.25) is 0 Å². The van der Waals surface area contributed by atoms with Crippen LogP contribution >= 0.6 is 0 Å². The second-order valence-corrected chi connectivity index (χ2v) is 10.7. The van der Waals surface area contributed by atoms with Gasteiger partial charge < -0.3 is 25.6 Å². The average Bonchev–Trinajstić information content (AvgIpc) is 3.62. The molecule has 0 bridgehead atoms. The summed E-state index contributed by atoms with van der Waals surface area (Å²) in [5, 5.41) is 9.27. The molecule has 0 radical (unpaired) electrons. The summed E-state index contributed by atoms with van der Waals surface area (Å²) in [5.41, 5.74) is 3.34. The van der Waals surface area contributed by atoms with Crippen molar-refractivity contribution in [2.75, 3.05) is 20.2 Å². The number of likely N-dealkylation sites (tertiary alicyclic amines) is 1. The Balaban J connectivity index is 1.29. The Bertz CT molecular complexity index is 1150. The van der Waals surface area contributed by atoms with Gasteiger partial charge in [-0.25, -0.2) is 0 Å². The third-order valence-electron chi connectivity index (χ3n) is 7.88. The van der Waals surface area contributed by atoms with Crippen LogP contribution in [0.3, 0.4) is 0 Å². The lowest BCUT2D eigenvalue weighted by molar-refractivity contribution is -0.140. The van der Waals surface area contributed by atoms with E-state index >= 15 is 0 Å². The average molecular weight is 535 g/mol. The highest BCUT2D eigenvalue weighted by atomic mass is 16.5. The third kappa shape index (κ3) is 7.18. The van der Waals surface area contributed by atoms with Gasteiger partial charge in [-0.3, -0.25) is 14.4 Å². The fraction of sp³-hybridized carbons (Fsp3) is 0.516. The van der Waals surface area contributed by atoms with Gasteiger partial charge in [0.2, 0.25) is 17.7 Å². The highest BCUT2D eigenvalue weighted by molar-refractivity contribution is 5.91. The van der Waals surface area contributed by atoms with E-state index in [1.54, 1.807) is 4.90 Å². The van der Waals surface area contributed by atoms with Gasteiger partial charge in [0.25, 0.3) is 0 Å². The van der Waals surface area contributed by atoms with Crippen molar-refractivity contribution < 1.29 is 19.1 Å². The predicted molar refractivity (Wildman–Crippen MR) is 151 cm³/mol. The lowest BCUT2D eigenvalue weighted by Crippen LogP contribution is -2.52. The molecule has 3 N–H and O–H groups in total. The Morgan fingerprint density at radius 2 is 1.82 bits per heavy atom. The van der Waals surface area contributed by atoms with E-state index in [2.05, 4.69) is 41.1 Å². The molecule has 8 nitrogen and oxygen atoms in total. The zero-order chi connectivity index (χ0) is 27.8. The molecule has 1 saturated carbocycles. The molecule has 1 saturated heterocycles. The van der Waals surface area contributed by atoms with Crippen LogP contribution in [0.25, 0.3) is 0 Å². The number of carbonyl (C=O) groups is 3. The lowest BCUT2D eigenvalue weighted by Gasteiger charge is -2.30. The van der Waals surface area contributed by atoms with Crippen LogP contribution in [0.1, 0.15) is 69.1 Å². The minimum atomic E-state index is -0.521. The first kappa shape index (κ1) is 28.6. The second-order valence-electron chi connectivity index (χ2n) is 10.7.